The predicted molar refractivity (Wildman–Crippen MR) is 112 cm³/mol. The lowest BCUT2D eigenvalue weighted by Gasteiger charge is -2.31. The fourth-order valence-electron chi connectivity index (χ4n) is 3.89. The molecule has 29 heavy (non-hydrogen) atoms. The second-order valence-corrected chi connectivity index (χ2v) is 10.3. The Kier molecular flexibility index (Phi) is 5.96. The molecule has 0 radical (unpaired) electrons. The lowest BCUT2D eigenvalue weighted by Crippen LogP contribution is -2.57. The molecule has 1 aromatic rings. The maximum Gasteiger partial charge on any atom is 0.256 e. The van der Waals surface area contributed by atoms with Gasteiger partial charge >= 0.3 is 0 Å². The number of thioether (sulfide) groups is 1. The van der Waals surface area contributed by atoms with E-state index in [1.54, 1.807) is 29.7 Å². The van der Waals surface area contributed by atoms with E-state index in [2.05, 4.69) is 10.6 Å². The molecule has 0 aromatic heterocycles. The number of hydrogen-bond donors (Lipinski definition) is 3. The topological polar surface area (TPSA) is 98.7 Å². The summed E-state index contributed by atoms with van der Waals surface area (Å²) >= 11 is 1.59. The largest absolute Gasteiger partial charge is 0.394 e. The molecule has 1 fully saturated rings. The molecule has 2 heterocycles. The van der Waals surface area contributed by atoms with E-state index in [4.69, 9.17) is 0 Å². The number of nitrogens with one attached hydrogen (secondary N) is 2. The van der Waals surface area contributed by atoms with Crippen molar-refractivity contribution in [3.8, 4) is 0 Å². The Morgan fingerprint density at radius 3 is 2.48 bits per heavy atom. The summed E-state index contributed by atoms with van der Waals surface area (Å²) in [6, 6.07) is 5.59. The molecule has 158 valence electrons. The average Bonchev–Trinajstić information content (AvgIpc) is 3.09. The van der Waals surface area contributed by atoms with E-state index < -0.39 is 16.8 Å². The van der Waals surface area contributed by atoms with Crippen LogP contribution in [0.3, 0.4) is 0 Å². The predicted octanol–water partition coefficient (Wildman–Crippen LogP) is 1.67. The van der Waals surface area contributed by atoms with E-state index in [9.17, 15) is 19.5 Å². The molecule has 0 aliphatic carbocycles. The van der Waals surface area contributed by atoms with Crippen molar-refractivity contribution in [1.82, 2.24) is 15.5 Å². The van der Waals surface area contributed by atoms with Gasteiger partial charge in [-0.05, 0) is 38.3 Å². The molecule has 2 aliphatic heterocycles. The fourth-order valence-corrected chi connectivity index (χ4v) is 5.48. The van der Waals surface area contributed by atoms with E-state index in [0.717, 1.165) is 5.56 Å². The third-order valence-corrected chi connectivity index (χ3v) is 7.16. The summed E-state index contributed by atoms with van der Waals surface area (Å²) in [6.07, 6.45) is 0. The standard InChI is InChI=1S/C21H29N3O4S/c1-11(2)15(10-25)23-17(26)12(3)22-18(27)16-21(4,5)29-20-14-9-7-6-8-13(14)19(28)24(16)20/h6-9,11-12,15-16,20,25H,10H2,1-5H3,(H,22,27)(H,23,26)/t12-,15+,16+,20-/m0/s1. The number of amides is 3. The van der Waals surface area contributed by atoms with Crippen molar-refractivity contribution in [3.63, 3.8) is 0 Å². The van der Waals surface area contributed by atoms with Gasteiger partial charge in [0.15, 0.2) is 0 Å². The number of aliphatic hydroxyl groups excluding tert-OH is 1. The van der Waals surface area contributed by atoms with Crippen molar-refractivity contribution in [2.45, 2.75) is 62.9 Å². The van der Waals surface area contributed by atoms with Gasteiger partial charge in [0.2, 0.25) is 11.8 Å². The Morgan fingerprint density at radius 1 is 1.21 bits per heavy atom. The first kappa shape index (κ1) is 21.6. The third kappa shape index (κ3) is 3.88. The summed E-state index contributed by atoms with van der Waals surface area (Å²) in [5.41, 5.74) is 1.56. The van der Waals surface area contributed by atoms with Gasteiger partial charge in [-0.15, -0.1) is 11.8 Å². The lowest BCUT2D eigenvalue weighted by atomic mass is 10.00. The summed E-state index contributed by atoms with van der Waals surface area (Å²) in [5.74, 6) is -0.791. The number of benzene rings is 1. The number of nitrogens with zero attached hydrogens (tertiary/aromatic N) is 1. The monoisotopic (exact) mass is 419 g/mol. The molecule has 3 amide bonds. The number of aliphatic hydroxyl groups is 1. The molecule has 0 saturated carbocycles. The highest BCUT2D eigenvalue weighted by atomic mass is 32.2. The van der Waals surface area contributed by atoms with Crippen LogP contribution >= 0.6 is 11.8 Å². The SMILES string of the molecule is CC(C)[C@@H](CO)NC(=O)[C@H](C)NC(=O)[C@H]1N2C(=O)c3ccccc3[C@@H]2SC1(C)C. The first-order valence-electron chi connectivity index (χ1n) is 9.89. The lowest BCUT2D eigenvalue weighted by molar-refractivity contribution is -0.132. The molecule has 0 spiro atoms. The Balaban J connectivity index is 1.75. The van der Waals surface area contributed by atoms with Gasteiger partial charge in [0, 0.05) is 10.3 Å². The van der Waals surface area contributed by atoms with E-state index in [1.165, 1.54) is 0 Å². The van der Waals surface area contributed by atoms with Crippen molar-refractivity contribution < 1.29 is 19.5 Å². The van der Waals surface area contributed by atoms with Crippen LogP contribution in [0.25, 0.3) is 0 Å². The normalized spacial score (nSPS) is 24.1. The maximum atomic E-state index is 13.2. The maximum absolute atomic E-state index is 13.2. The Bertz CT molecular complexity index is 826. The summed E-state index contributed by atoms with van der Waals surface area (Å²) in [4.78, 5) is 40.3. The first-order valence-corrected chi connectivity index (χ1v) is 10.8. The van der Waals surface area contributed by atoms with Gasteiger partial charge in [-0.1, -0.05) is 32.0 Å². The molecule has 0 bridgehead atoms. The van der Waals surface area contributed by atoms with Crippen LogP contribution in [0.15, 0.2) is 24.3 Å². The van der Waals surface area contributed by atoms with Crippen molar-refractivity contribution in [3.05, 3.63) is 35.4 Å². The minimum absolute atomic E-state index is 0.0681. The summed E-state index contributed by atoms with van der Waals surface area (Å²) in [5, 5.41) is 14.7. The zero-order chi connectivity index (χ0) is 21.5. The number of hydrogen-bond acceptors (Lipinski definition) is 5. The molecular formula is C21H29N3O4S. The number of rotatable bonds is 6. The highest BCUT2D eigenvalue weighted by molar-refractivity contribution is 8.01. The highest BCUT2D eigenvalue weighted by Gasteiger charge is 2.57. The molecule has 1 aromatic carbocycles. The van der Waals surface area contributed by atoms with E-state index in [-0.39, 0.29) is 41.7 Å². The number of fused-ring (bicyclic) bond motifs is 3. The van der Waals surface area contributed by atoms with Gasteiger partial charge in [-0.2, -0.15) is 0 Å². The van der Waals surface area contributed by atoms with Crippen LogP contribution in [0.4, 0.5) is 0 Å². The molecule has 8 heteroatoms. The minimum Gasteiger partial charge on any atom is -0.394 e. The molecule has 3 rings (SSSR count). The van der Waals surface area contributed by atoms with Crippen molar-refractivity contribution >= 4 is 29.5 Å². The van der Waals surface area contributed by atoms with Crippen molar-refractivity contribution in [2.24, 2.45) is 5.92 Å². The van der Waals surface area contributed by atoms with Gasteiger partial charge in [0.1, 0.15) is 17.5 Å². The minimum atomic E-state index is -0.782. The first-order chi connectivity index (χ1) is 13.6. The smallest absolute Gasteiger partial charge is 0.256 e. The summed E-state index contributed by atoms with van der Waals surface area (Å²) in [6.45, 7) is 9.13. The highest BCUT2D eigenvalue weighted by Crippen LogP contribution is 2.56. The second kappa shape index (κ2) is 7.99. The van der Waals surface area contributed by atoms with Crippen molar-refractivity contribution in [1.29, 1.82) is 0 Å². The fraction of sp³-hybridized carbons (Fsp3) is 0.571. The molecular weight excluding hydrogens is 390 g/mol. The Labute approximate surface area is 175 Å². The molecule has 7 nitrogen and oxygen atoms in total. The average molecular weight is 420 g/mol. The molecule has 4 atom stereocenters. The van der Waals surface area contributed by atoms with Crippen LogP contribution in [-0.2, 0) is 9.59 Å². The van der Waals surface area contributed by atoms with Crippen LogP contribution in [-0.4, -0.2) is 57.2 Å². The van der Waals surface area contributed by atoms with Gasteiger partial charge in [-0.25, -0.2) is 0 Å². The molecule has 2 aliphatic rings. The van der Waals surface area contributed by atoms with E-state index >= 15 is 0 Å². The second-order valence-electron chi connectivity index (χ2n) is 8.55. The molecule has 3 N–H and O–H groups in total. The van der Waals surface area contributed by atoms with Gasteiger partial charge in [-0.3, -0.25) is 14.4 Å². The van der Waals surface area contributed by atoms with Crippen LogP contribution in [0.2, 0.25) is 0 Å². The molecule has 1 saturated heterocycles. The summed E-state index contributed by atoms with van der Waals surface area (Å²) < 4.78 is -0.500. The van der Waals surface area contributed by atoms with Crippen LogP contribution in [0.5, 0.6) is 0 Å². The van der Waals surface area contributed by atoms with Gasteiger partial charge < -0.3 is 20.6 Å². The van der Waals surface area contributed by atoms with Crippen molar-refractivity contribution in [2.75, 3.05) is 6.61 Å². The van der Waals surface area contributed by atoms with Gasteiger partial charge in [0.25, 0.3) is 5.91 Å². The van der Waals surface area contributed by atoms with Gasteiger partial charge in [0.05, 0.1) is 12.6 Å². The van der Waals surface area contributed by atoms with E-state index in [1.807, 2.05) is 45.9 Å². The van der Waals surface area contributed by atoms with Crippen LogP contribution in [0, 0.1) is 5.92 Å². The third-order valence-electron chi connectivity index (χ3n) is 5.63. The Morgan fingerprint density at radius 2 is 1.86 bits per heavy atom. The molecule has 0 unspecified atom stereocenters. The Hall–Kier alpha value is -2.06. The van der Waals surface area contributed by atoms with Crippen LogP contribution in [0.1, 0.15) is 55.9 Å². The number of carbonyl (C=O) groups is 3. The van der Waals surface area contributed by atoms with E-state index in [0.29, 0.717) is 5.56 Å². The van der Waals surface area contributed by atoms with Crippen LogP contribution < -0.4 is 10.6 Å². The zero-order valence-corrected chi connectivity index (χ0v) is 18.2. The number of carbonyl (C=O) groups excluding carboxylic acids is 3. The quantitative estimate of drug-likeness (QED) is 0.652. The zero-order valence-electron chi connectivity index (χ0n) is 17.4. The summed E-state index contributed by atoms with van der Waals surface area (Å²) in [7, 11) is 0.